The molecule has 0 aromatic heterocycles. The lowest BCUT2D eigenvalue weighted by Gasteiger charge is -2.15. The molecule has 15 heavy (non-hydrogen) atoms. The van der Waals surface area contributed by atoms with E-state index >= 15 is 0 Å². The molecule has 0 radical (unpaired) electrons. The highest BCUT2D eigenvalue weighted by Gasteiger charge is 2.19. The quantitative estimate of drug-likeness (QED) is 0.675. The first-order valence-corrected chi connectivity index (χ1v) is 6.76. The van der Waals surface area contributed by atoms with Crippen molar-refractivity contribution in [3.8, 4) is 0 Å². The molecular formula is C10H19N3OS. The van der Waals surface area contributed by atoms with E-state index in [2.05, 4.69) is 22.4 Å². The Morgan fingerprint density at radius 3 is 3.20 bits per heavy atom. The molecule has 0 aliphatic carbocycles. The van der Waals surface area contributed by atoms with E-state index in [1.807, 2.05) is 4.90 Å². The van der Waals surface area contributed by atoms with E-state index in [1.54, 1.807) is 0 Å². The highest BCUT2D eigenvalue weighted by atomic mass is 32.2. The number of urea groups is 1. The Hall–Kier alpha value is -0.420. The van der Waals surface area contributed by atoms with Gasteiger partial charge in [-0.05, 0) is 18.6 Å². The van der Waals surface area contributed by atoms with Crippen LogP contribution in [0.25, 0.3) is 0 Å². The minimum absolute atomic E-state index is 0.0899. The summed E-state index contributed by atoms with van der Waals surface area (Å²) in [5.41, 5.74) is 0. The highest BCUT2D eigenvalue weighted by molar-refractivity contribution is 8.00. The summed E-state index contributed by atoms with van der Waals surface area (Å²) in [5, 5.41) is 7.04. The molecule has 5 heteroatoms. The minimum Gasteiger partial charge on any atom is -0.336 e. The second-order valence-electron chi connectivity index (χ2n) is 4.06. The van der Waals surface area contributed by atoms with Gasteiger partial charge in [0.2, 0.25) is 0 Å². The Balaban J connectivity index is 1.52. The summed E-state index contributed by atoms with van der Waals surface area (Å²) in [5.74, 6) is 1.32. The number of hydrogen-bond acceptors (Lipinski definition) is 3. The van der Waals surface area contributed by atoms with Crippen molar-refractivity contribution in [3.63, 3.8) is 0 Å². The Morgan fingerprint density at radius 1 is 1.60 bits per heavy atom. The van der Waals surface area contributed by atoms with E-state index in [-0.39, 0.29) is 6.03 Å². The van der Waals surface area contributed by atoms with Crippen LogP contribution in [0.5, 0.6) is 0 Å². The van der Waals surface area contributed by atoms with Crippen LogP contribution in [0.3, 0.4) is 0 Å². The third kappa shape index (κ3) is 3.28. The number of nitrogens with one attached hydrogen (secondary N) is 2. The van der Waals surface area contributed by atoms with Crippen LogP contribution in [0.1, 0.15) is 12.8 Å². The topological polar surface area (TPSA) is 44.4 Å². The smallest absolute Gasteiger partial charge is 0.317 e. The van der Waals surface area contributed by atoms with Crippen molar-refractivity contribution in [3.05, 3.63) is 0 Å². The molecule has 0 saturated carbocycles. The molecule has 1 atom stereocenters. The summed E-state index contributed by atoms with van der Waals surface area (Å²) in [6.45, 7) is 4.52. The van der Waals surface area contributed by atoms with Crippen LogP contribution in [0.4, 0.5) is 4.79 Å². The molecule has 1 unspecified atom stereocenters. The molecule has 86 valence electrons. The van der Waals surface area contributed by atoms with E-state index < -0.39 is 0 Å². The van der Waals surface area contributed by atoms with Gasteiger partial charge in [-0.25, -0.2) is 4.79 Å². The molecule has 0 spiro atoms. The first kappa shape index (κ1) is 11.1. The summed E-state index contributed by atoms with van der Waals surface area (Å²) in [7, 11) is 0. The number of carbonyl (C=O) groups is 1. The van der Waals surface area contributed by atoms with E-state index in [0.717, 1.165) is 38.0 Å². The minimum atomic E-state index is 0.0899. The average molecular weight is 229 g/mol. The van der Waals surface area contributed by atoms with Crippen LogP contribution in [-0.4, -0.2) is 54.7 Å². The van der Waals surface area contributed by atoms with E-state index in [9.17, 15) is 4.79 Å². The van der Waals surface area contributed by atoms with Crippen LogP contribution < -0.4 is 10.6 Å². The number of thioether (sulfide) groups is 1. The number of carbonyl (C=O) groups excluding carboxylic acids is 1. The maximum Gasteiger partial charge on any atom is 0.317 e. The molecule has 0 aromatic rings. The SMILES string of the molecule is O=C1NCCN1CCNCC1CCCS1. The van der Waals surface area contributed by atoms with Crippen molar-refractivity contribution in [1.82, 2.24) is 15.5 Å². The Labute approximate surface area is 95.2 Å². The van der Waals surface area contributed by atoms with E-state index in [4.69, 9.17) is 0 Å². The molecule has 2 aliphatic heterocycles. The lowest BCUT2D eigenvalue weighted by Crippen LogP contribution is -2.36. The van der Waals surface area contributed by atoms with E-state index in [1.165, 1.54) is 18.6 Å². The normalized spacial score (nSPS) is 26.0. The molecule has 2 N–H and O–H groups in total. The second-order valence-corrected chi connectivity index (χ2v) is 5.47. The van der Waals surface area contributed by atoms with Gasteiger partial charge in [-0.1, -0.05) is 0 Å². The summed E-state index contributed by atoms with van der Waals surface area (Å²) >= 11 is 2.07. The second kappa shape index (κ2) is 5.61. The molecular weight excluding hydrogens is 210 g/mol. The van der Waals surface area contributed by atoms with Gasteiger partial charge in [0.15, 0.2) is 0 Å². The van der Waals surface area contributed by atoms with Crippen LogP contribution in [-0.2, 0) is 0 Å². The Bertz CT molecular complexity index is 219. The number of rotatable bonds is 5. The third-order valence-corrected chi connectivity index (χ3v) is 4.30. The van der Waals surface area contributed by atoms with Gasteiger partial charge in [0.05, 0.1) is 0 Å². The molecule has 2 rings (SSSR count). The maximum absolute atomic E-state index is 11.2. The lowest BCUT2D eigenvalue weighted by atomic mass is 10.2. The Kier molecular flexibility index (Phi) is 4.14. The standard InChI is InChI=1S/C10H19N3OS/c14-10-12-4-6-13(10)5-3-11-8-9-2-1-7-15-9/h9,11H,1-8H2,(H,12,14). The van der Waals surface area contributed by atoms with Gasteiger partial charge in [-0.3, -0.25) is 0 Å². The zero-order chi connectivity index (χ0) is 10.5. The van der Waals surface area contributed by atoms with Gasteiger partial charge in [0, 0.05) is 38.0 Å². The monoisotopic (exact) mass is 229 g/mol. The Morgan fingerprint density at radius 2 is 2.53 bits per heavy atom. The largest absolute Gasteiger partial charge is 0.336 e. The fourth-order valence-electron chi connectivity index (χ4n) is 2.01. The fourth-order valence-corrected chi connectivity index (χ4v) is 3.24. The molecule has 2 saturated heterocycles. The summed E-state index contributed by atoms with van der Waals surface area (Å²) in [6, 6.07) is 0.0899. The van der Waals surface area contributed by atoms with E-state index in [0.29, 0.717) is 0 Å². The number of hydrogen-bond donors (Lipinski definition) is 2. The first-order chi connectivity index (χ1) is 7.36. The first-order valence-electron chi connectivity index (χ1n) is 5.71. The predicted octanol–water partition coefficient (Wildman–Crippen LogP) is 0.497. The highest BCUT2D eigenvalue weighted by Crippen LogP contribution is 2.24. The molecule has 0 bridgehead atoms. The summed E-state index contributed by atoms with van der Waals surface area (Å²) in [4.78, 5) is 13.1. The molecule has 0 aromatic carbocycles. The van der Waals surface area contributed by atoms with Crippen molar-refractivity contribution >= 4 is 17.8 Å². The van der Waals surface area contributed by atoms with Crippen molar-refractivity contribution in [2.75, 3.05) is 38.5 Å². The van der Waals surface area contributed by atoms with Gasteiger partial charge in [-0.15, -0.1) is 0 Å². The fraction of sp³-hybridized carbons (Fsp3) is 0.900. The molecule has 2 heterocycles. The van der Waals surface area contributed by atoms with Crippen LogP contribution in [0.2, 0.25) is 0 Å². The van der Waals surface area contributed by atoms with Gasteiger partial charge < -0.3 is 15.5 Å². The van der Waals surface area contributed by atoms with Crippen molar-refractivity contribution in [2.24, 2.45) is 0 Å². The molecule has 2 aliphatic rings. The molecule has 2 amide bonds. The van der Waals surface area contributed by atoms with Crippen molar-refractivity contribution < 1.29 is 4.79 Å². The van der Waals surface area contributed by atoms with Crippen LogP contribution in [0, 0.1) is 0 Å². The molecule has 4 nitrogen and oxygen atoms in total. The lowest BCUT2D eigenvalue weighted by molar-refractivity contribution is 0.217. The molecule has 2 fully saturated rings. The van der Waals surface area contributed by atoms with Gasteiger partial charge in [0.1, 0.15) is 0 Å². The maximum atomic E-state index is 11.2. The number of amides is 2. The predicted molar refractivity (Wildman–Crippen MR) is 63.3 cm³/mol. The zero-order valence-electron chi connectivity index (χ0n) is 9.00. The summed E-state index contributed by atoms with van der Waals surface area (Å²) < 4.78 is 0. The number of nitrogens with zero attached hydrogens (tertiary/aromatic N) is 1. The van der Waals surface area contributed by atoms with Crippen molar-refractivity contribution in [1.29, 1.82) is 0 Å². The summed E-state index contributed by atoms with van der Waals surface area (Å²) in [6.07, 6.45) is 2.72. The average Bonchev–Trinajstić information content (AvgIpc) is 2.85. The van der Waals surface area contributed by atoms with Gasteiger partial charge in [-0.2, -0.15) is 11.8 Å². The zero-order valence-corrected chi connectivity index (χ0v) is 9.81. The van der Waals surface area contributed by atoms with Crippen LogP contribution in [0.15, 0.2) is 0 Å². The van der Waals surface area contributed by atoms with Gasteiger partial charge >= 0.3 is 6.03 Å². The van der Waals surface area contributed by atoms with Crippen molar-refractivity contribution in [2.45, 2.75) is 18.1 Å². The van der Waals surface area contributed by atoms with Crippen LogP contribution >= 0.6 is 11.8 Å². The third-order valence-electron chi connectivity index (χ3n) is 2.90. The van der Waals surface area contributed by atoms with Gasteiger partial charge in [0.25, 0.3) is 0 Å².